The molecule has 1 aliphatic heterocycles. The lowest BCUT2D eigenvalue weighted by atomic mass is 9.81. The van der Waals surface area contributed by atoms with Crippen molar-refractivity contribution in [1.82, 2.24) is 10.2 Å². The van der Waals surface area contributed by atoms with E-state index in [1.807, 2.05) is 12.2 Å². The first-order valence-electron chi connectivity index (χ1n) is 5.55. The van der Waals surface area contributed by atoms with Crippen molar-refractivity contribution in [2.75, 3.05) is 26.2 Å². The number of nitrogens with two attached hydrogens (primary N) is 1. The number of carbonyl (C=O) groups is 1. The molecule has 0 saturated carbocycles. The van der Waals surface area contributed by atoms with Gasteiger partial charge in [0, 0.05) is 13.1 Å². The lowest BCUT2D eigenvalue weighted by Gasteiger charge is -2.38. The molecular formula is C10H18F3N3O. The Kier molecular flexibility index (Phi) is 4.24. The van der Waals surface area contributed by atoms with Crippen LogP contribution in [0.3, 0.4) is 0 Å². The highest BCUT2D eigenvalue weighted by atomic mass is 19.4. The van der Waals surface area contributed by atoms with Gasteiger partial charge in [0.15, 0.2) is 0 Å². The number of hydrogen-bond acceptors (Lipinski definition) is 2. The Bertz CT molecular complexity index is 272. The van der Waals surface area contributed by atoms with Crippen LogP contribution in [0.1, 0.15) is 19.8 Å². The van der Waals surface area contributed by atoms with Crippen LogP contribution in [0.4, 0.5) is 18.0 Å². The standard InChI is InChI=1S/C10H18F3N3O/c1-9(6-14)2-4-16(5-3-9)8(17)15-7-10(11,12)13/h2-7,14H2,1H3,(H,15,17). The molecule has 0 spiro atoms. The van der Waals surface area contributed by atoms with Crippen molar-refractivity contribution in [2.24, 2.45) is 11.1 Å². The zero-order valence-corrected chi connectivity index (χ0v) is 9.81. The number of likely N-dealkylation sites (tertiary alicyclic amines) is 1. The summed E-state index contributed by atoms with van der Waals surface area (Å²) in [6.45, 7) is 2.19. The molecular weight excluding hydrogens is 235 g/mol. The van der Waals surface area contributed by atoms with E-state index in [0.717, 1.165) is 12.8 Å². The summed E-state index contributed by atoms with van der Waals surface area (Å²) < 4.78 is 35.7. The Balaban J connectivity index is 2.36. The third kappa shape index (κ3) is 4.41. The van der Waals surface area contributed by atoms with E-state index >= 15 is 0 Å². The molecule has 1 fully saturated rings. The first-order valence-corrected chi connectivity index (χ1v) is 5.55. The van der Waals surface area contributed by atoms with Gasteiger partial charge in [-0.2, -0.15) is 13.2 Å². The second-order valence-electron chi connectivity index (χ2n) is 4.78. The molecule has 3 N–H and O–H groups in total. The fourth-order valence-corrected chi connectivity index (χ4v) is 1.74. The summed E-state index contributed by atoms with van der Waals surface area (Å²) in [4.78, 5) is 12.8. The number of rotatable bonds is 2. The third-order valence-electron chi connectivity index (χ3n) is 3.19. The van der Waals surface area contributed by atoms with Crippen LogP contribution in [-0.2, 0) is 0 Å². The highest BCUT2D eigenvalue weighted by molar-refractivity contribution is 5.74. The minimum absolute atomic E-state index is 0.000801. The van der Waals surface area contributed by atoms with Crippen LogP contribution >= 0.6 is 0 Å². The summed E-state index contributed by atoms with van der Waals surface area (Å²) >= 11 is 0. The van der Waals surface area contributed by atoms with E-state index in [9.17, 15) is 18.0 Å². The van der Waals surface area contributed by atoms with Crippen LogP contribution in [0.2, 0.25) is 0 Å². The van der Waals surface area contributed by atoms with E-state index in [1.54, 1.807) is 0 Å². The lowest BCUT2D eigenvalue weighted by Crippen LogP contribution is -2.49. The molecule has 0 unspecified atom stereocenters. The van der Waals surface area contributed by atoms with Crippen molar-refractivity contribution in [3.05, 3.63) is 0 Å². The van der Waals surface area contributed by atoms with E-state index in [0.29, 0.717) is 19.6 Å². The van der Waals surface area contributed by atoms with E-state index in [2.05, 4.69) is 0 Å². The van der Waals surface area contributed by atoms with Crippen LogP contribution < -0.4 is 11.1 Å². The number of carbonyl (C=O) groups excluding carboxylic acids is 1. The maximum absolute atomic E-state index is 11.9. The van der Waals surface area contributed by atoms with Gasteiger partial charge in [-0.25, -0.2) is 4.79 Å². The highest BCUT2D eigenvalue weighted by Gasteiger charge is 2.32. The van der Waals surface area contributed by atoms with E-state index in [-0.39, 0.29) is 5.41 Å². The molecule has 0 radical (unpaired) electrons. The first kappa shape index (κ1) is 14.1. The fourth-order valence-electron chi connectivity index (χ4n) is 1.74. The normalized spacial score (nSPS) is 20.2. The van der Waals surface area contributed by atoms with E-state index in [4.69, 9.17) is 5.73 Å². The van der Waals surface area contributed by atoms with Gasteiger partial charge in [-0.3, -0.25) is 0 Å². The third-order valence-corrected chi connectivity index (χ3v) is 3.19. The number of halogens is 3. The summed E-state index contributed by atoms with van der Waals surface area (Å²) in [6, 6.07) is -0.651. The predicted molar refractivity (Wildman–Crippen MR) is 57.4 cm³/mol. The second-order valence-corrected chi connectivity index (χ2v) is 4.78. The molecule has 0 aromatic heterocycles. The van der Waals surface area contributed by atoms with E-state index in [1.165, 1.54) is 4.90 Å². The van der Waals surface area contributed by atoms with Crippen LogP contribution in [0, 0.1) is 5.41 Å². The Morgan fingerprint density at radius 2 is 1.94 bits per heavy atom. The Labute approximate surface area is 98.3 Å². The van der Waals surface area contributed by atoms with Gasteiger partial charge in [-0.15, -0.1) is 0 Å². The molecule has 0 bridgehead atoms. The number of urea groups is 1. The minimum Gasteiger partial charge on any atom is -0.330 e. The molecule has 1 saturated heterocycles. The largest absolute Gasteiger partial charge is 0.405 e. The van der Waals surface area contributed by atoms with Gasteiger partial charge in [-0.1, -0.05) is 6.92 Å². The molecule has 0 aromatic rings. The van der Waals surface area contributed by atoms with Crippen molar-refractivity contribution in [3.63, 3.8) is 0 Å². The summed E-state index contributed by atoms with van der Waals surface area (Å²) in [5, 5.41) is 1.87. The van der Waals surface area contributed by atoms with Crippen molar-refractivity contribution >= 4 is 6.03 Å². The molecule has 1 rings (SSSR count). The molecule has 0 aliphatic carbocycles. The van der Waals surface area contributed by atoms with Crippen LogP contribution in [0.15, 0.2) is 0 Å². The smallest absolute Gasteiger partial charge is 0.330 e. The number of nitrogens with one attached hydrogen (secondary N) is 1. The molecule has 0 atom stereocenters. The Morgan fingerprint density at radius 1 is 1.41 bits per heavy atom. The van der Waals surface area contributed by atoms with Gasteiger partial charge in [-0.05, 0) is 24.8 Å². The second kappa shape index (κ2) is 5.12. The molecule has 2 amide bonds. The summed E-state index contributed by atoms with van der Waals surface area (Å²) in [5.41, 5.74) is 5.61. The SMILES string of the molecule is CC1(CN)CCN(C(=O)NCC(F)(F)F)CC1. The van der Waals surface area contributed by atoms with Crippen LogP contribution in [0.25, 0.3) is 0 Å². The molecule has 100 valence electrons. The lowest BCUT2D eigenvalue weighted by molar-refractivity contribution is -0.123. The minimum atomic E-state index is -4.36. The Morgan fingerprint density at radius 3 is 2.35 bits per heavy atom. The van der Waals surface area contributed by atoms with Crippen molar-refractivity contribution in [3.8, 4) is 0 Å². The van der Waals surface area contributed by atoms with Gasteiger partial charge < -0.3 is 16.0 Å². The van der Waals surface area contributed by atoms with Crippen molar-refractivity contribution in [2.45, 2.75) is 25.9 Å². The number of amides is 2. The maximum atomic E-state index is 11.9. The topological polar surface area (TPSA) is 58.4 Å². The van der Waals surface area contributed by atoms with Crippen molar-refractivity contribution in [1.29, 1.82) is 0 Å². The van der Waals surface area contributed by atoms with Gasteiger partial charge >= 0.3 is 12.2 Å². The van der Waals surface area contributed by atoms with Gasteiger partial charge in [0.2, 0.25) is 0 Å². The zero-order chi connectivity index (χ0) is 13.1. The first-order chi connectivity index (χ1) is 7.76. The van der Waals surface area contributed by atoms with Crippen LogP contribution in [0.5, 0.6) is 0 Å². The number of nitrogens with zero attached hydrogens (tertiary/aromatic N) is 1. The molecule has 7 heteroatoms. The predicted octanol–water partition coefficient (Wildman–Crippen LogP) is 1.32. The molecule has 1 aliphatic rings. The zero-order valence-electron chi connectivity index (χ0n) is 9.81. The van der Waals surface area contributed by atoms with Gasteiger partial charge in [0.25, 0.3) is 0 Å². The molecule has 0 aromatic carbocycles. The average Bonchev–Trinajstić information content (AvgIpc) is 2.26. The monoisotopic (exact) mass is 253 g/mol. The highest BCUT2D eigenvalue weighted by Crippen LogP contribution is 2.29. The van der Waals surface area contributed by atoms with Crippen LogP contribution in [-0.4, -0.2) is 43.3 Å². The average molecular weight is 253 g/mol. The summed E-state index contributed by atoms with van der Waals surface area (Å²) in [5.74, 6) is 0. The van der Waals surface area contributed by atoms with E-state index < -0.39 is 18.8 Å². The van der Waals surface area contributed by atoms with Gasteiger partial charge in [0.05, 0.1) is 0 Å². The molecule has 17 heavy (non-hydrogen) atoms. The fraction of sp³-hybridized carbons (Fsp3) is 0.900. The quantitative estimate of drug-likeness (QED) is 0.779. The molecule has 1 heterocycles. The number of piperidine rings is 1. The van der Waals surface area contributed by atoms with Crippen molar-refractivity contribution < 1.29 is 18.0 Å². The Hall–Kier alpha value is -0.980. The maximum Gasteiger partial charge on any atom is 0.405 e. The van der Waals surface area contributed by atoms with Gasteiger partial charge in [0.1, 0.15) is 6.54 Å². The summed E-state index contributed by atoms with van der Waals surface area (Å²) in [7, 11) is 0. The summed E-state index contributed by atoms with van der Waals surface area (Å²) in [6.07, 6.45) is -2.91. The number of alkyl halides is 3. The number of hydrogen-bond donors (Lipinski definition) is 2. The molecule has 4 nitrogen and oxygen atoms in total.